The van der Waals surface area contributed by atoms with Gasteiger partial charge in [-0.2, -0.15) is 54.1 Å². The first-order valence-electron chi connectivity index (χ1n) is 23.3. The van der Waals surface area contributed by atoms with Crippen molar-refractivity contribution in [2.75, 3.05) is 35.4 Å². The molecule has 0 aromatic heterocycles. The Hall–Kier alpha value is -8.97. The van der Waals surface area contributed by atoms with Crippen LogP contribution in [0.3, 0.4) is 0 Å². The number of carbonyl (C=O) groups is 1. The number of aryl methyl sites for hydroxylation is 4. The maximum atomic E-state index is 13.2. The van der Waals surface area contributed by atoms with Crippen molar-refractivity contribution in [3.05, 3.63) is 140 Å². The molecule has 0 saturated heterocycles. The molecule has 0 aliphatic carbocycles. The first-order chi connectivity index (χ1) is 38.3. The van der Waals surface area contributed by atoms with Crippen LogP contribution >= 0.6 is 0 Å². The van der Waals surface area contributed by atoms with Crippen molar-refractivity contribution in [2.24, 2.45) is 40.9 Å². The molecule has 0 spiro atoms. The molecule has 0 aliphatic heterocycles. The second-order valence-corrected chi connectivity index (χ2v) is 23.3. The number of nitro benzene ring substituents is 2. The predicted octanol–water partition coefficient (Wildman–Crippen LogP) is 11.8. The van der Waals surface area contributed by atoms with E-state index in [1.54, 1.807) is 64.1 Å². The minimum Gasteiger partial charge on any atom is -0.491 e. The van der Waals surface area contributed by atoms with Gasteiger partial charge in [-0.05, 0) is 123 Å². The molecule has 6 rings (SSSR count). The number of hydrogen-bond donors (Lipinski definition) is 6. The first-order valence-corrected chi connectivity index (χ1v) is 29.4. The third-order valence-corrected chi connectivity index (χ3v) is 14.4. The van der Waals surface area contributed by atoms with Crippen LogP contribution in [0.2, 0.25) is 0 Å². The number of nitro groups is 2. The van der Waals surface area contributed by atoms with E-state index < -0.39 is 100 Å². The molecular formula is C47H46N12O19S4. The molecule has 0 fully saturated rings. The Kier molecular flexibility index (Phi) is 19.8. The van der Waals surface area contributed by atoms with Crippen molar-refractivity contribution in [1.82, 2.24) is 0 Å². The molecule has 2 amide bonds. The van der Waals surface area contributed by atoms with Crippen LogP contribution in [0.15, 0.2) is 148 Å². The maximum Gasteiger partial charge on any atom is 0.323 e. The Bertz CT molecular complexity index is 3840. The van der Waals surface area contributed by atoms with Gasteiger partial charge in [0.05, 0.1) is 57.3 Å². The topological polar surface area (TPSA) is 462 Å². The van der Waals surface area contributed by atoms with Crippen molar-refractivity contribution in [2.45, 2.75) is 50.3 Å². The van der Waals surface area contributed by atoms with E-state index in [1.165, 1.54) is 24.3 Å². The van der Waals surface area contributed by atoms with Crippen LogP contribution in [0.5, 0.6) is 11.5 Å². The molecule has 0 heterocycles. The molecule has 0 aliphatic rings. The highest BCUT2D eigenvalue weighted by Gasteiger charge is 2.23. The molecule has 0 bridgehead atoms. The molecule has 0 atom stereocenters. The van der Waals surface area contributed by atoms with Crippen molar-refractivity contribution in [3.63, 3.8) is 0 Å². The van der Waals surface area contributed by atoms with Crippen LogP contribution in [0.1, 0.15) is 35.1 Å². The van der Waals surface area contributed by atoms with Crippen LogP contribution in [0.25, 0.3) is 0 Å². The molecule has 6 aromatic carbocycles. The highest BCUT2D eigenvalue weighted by molar-refractivity contribution is 7.86. The molecule has 0 unspecified atom stereocenters. The number of nitrogens with one attached hydrogen (secondary N) is 2. The average Bonchev–Trinajstić information content (AvgIpc) is 3.49. The lowest BCUT2D eigenvalue weighted by Crippen LogP contribution is -2.19. The molecule has 31 nitrogen and oxygen atoms in total. The molecule has 0 radical (unpaired) electrons. The number of rotatable bonds is 24. The van der Waals surface area contributed by atoms with Gasteiger partial charge in [-0.15, -0.1) is 20.5 Å². The van der Waals surface area contributed by atoms with E-state index in [4.69, 9.17) is 9.47 Å². The number of anilines is 2. The Balaban J connectivity index is 1.17. The summed E-state index contributed by atoms with van der Waals surface area (Å²) in [4.78, 5) is 32.2. The zero-order chi connectivity index (χ0) is 60.3. The van der Waals surface area contributed by atoms with Gasteiger partial charge >= 0.3 is 6.03 Å². The quantitative estimate of drug-likeness (QED) is 0.0108. The fraction of sp³-hybridized carbons (Fsp3) is 0.213. The average molecular weight is 1210 g/mol. The fourth-order valence-corrected chi connectivity index (χ4v) is 9.25. The summed E-state index contributed by atoms with van der Waals surface area (Å²) in [5.74, 6) is -1.26. The summed E-state index contributed by atoms with van der Waals surface area (Å²) in [6, 6.07) is 19.4. The zero-order valence-electron chi connectivity index (χ0n) is 43.0. The minimum atomic E-state index is -4.98. The lowest BCUT2D eigenvalue weighted by atomic mass is 10.1. The van der Waals surface area contributed by atoms with Crippen LogP contribution in [-0.2, 0) is 40.5 Å². The maximum absolute atomic E-state index is 13.2. The van der Waals surface area contributed by atoms with E-state index in [2.05, 4.69) is 51.5 Å². The SMILES string of the molecule is Cc1cc(NC(=O)Nc2ccc(N=Nc3cc(C)c(N=Nc4ccc([N+](=O)[O-])cc4S(=O)(=O)O)cc3OCCCS(=O)(=O)O)c(C)c2)ccc1N=Nc1cc(C)c(N=Nc2ccc([N+](=O)[O-])cc2S(=O)(=O)O)cc1OCCCS(=O)(=O)O. The summed E-state index contributed by atoms with van der Waals surface area (Å²) < 4.78 is 143. The second-order valence-electron chi connectivity index (χ2n) is 17.3. The van der Waals surface area contributed by atoms with Crippen LogP contribution < -0.4 is 20.1 Å². The van der Waals surface area contributed by atoms with Crippen LogP contribution in [-0.4, -0.2) is 92.5 Å². The molecule has 6 N–H and O–H groups in total. The Morgan fingerprint density at radius 2 is 0.768 bits per heavy atom. The Morgan fingerprint density at radius 3 is 1.10 bits per heavy atom. The number of azo groups is 4. The van der Waals surface area contributed by atoms with Gasteiger partial charge in [-0.25, -0.2) is 4.79 Å². The lowest BCUT2D eigenvalue weighted by molar-refractivity contribution is -0.385. The third kappa shape index (κ3) is 18.0. The summed E-state index contributed by atoms with van der Waals surface area (Å²) >= 11 is 0. The number of ether oxygens (including phenoxy) is 2. The van der Waals surface area contributed by atoms with Gasteiger partial charge in [0.25, 0.3) is 51.8 Å². The number of hydrogen-bond acceptors (Lipinski definition) is 23. The standard InChI is InChI=1S/C47H46N12O19S4/c1-27-19-31(7-11-35(27)50-56-41-21-29(3)39(25-43(41)77-15-5-17-79(65,66)67)54-52-37-13-9-33(58(61)62)23-45(37)81(71,72)73)48-47(60)49-32-8-12-36(28(2)20-32)51-57-42-22-30(4)40(26-44(42)78-16-6-18-80(68,69)70)55-53-38-14-10-34(59(63)64)24-46(38)82(74,75)76/h7-14,19-26H,5-6,15-18H2,1-4H3,(H2,48,49,60)(H,65,66,67)(H,68,69,70)(H,71,72,73)(H,74,75,76). The highest BCUT2D eigenvalue weighted by Crippen LogP contribution is 2.41. The van der Waals surface area contributed by atoms with E-state index in [9.17, 15) is 76.9 Å². The predicted molar refractivity (Wildman–Crippen MR) is 293 cm³/mol. The second kappa shape index (κ2) is 26.1. The van der Waals surface area contributed by atoms with Gasteiger partial charge in [-0.1, -0.05) is 0 Å². The van der Waals surface area contributed by atoms with Gasteiger partial charge in [-0.3, -0.25) is 38.4 Å². The van der Waals surface area contributed by atoms with Gasteiger partial charge < -0.3 is 20.1 Å². The van der Waals surface area contributed by atoms with Crippen molar-refractivity contribution >= 4 is 115 Å². The monoisotopic (exact) mass is 1210 g/mol. The van der Waals surface area contributed by atoms with Gasteiger partial charge in [0.1, 0.15) is 44.0 Å². The first kappa shape index (κ1) is 62.2. The van der Waals surface area contributed by atoms with Crippen LogP contribution in [0, 0.1) is 47.9 Å². The number of non-ortho nitro benzene ring substituents is 2. The summed E-state index contributed by atoms with van der Waals surface area (Å²) in [6.45, 7) is 6.05. The molecule has 432 valence electrons. The van der Waals surface area contributed by atoms with Crippen molar-refractivity contribution in [1.29, 1.82) is 0 Å². The van der Waals surface area contributed by atoms with Gasteiger partial charge in [0.2, 0.25) is 0 Å². The summed E-state index contributed by atoms with van der Waals surface area (Å²) in [6.07, 6.45) is -0.293. The number of carbonyl (C=O) groups excluding carboxylic acids is 1. The van der Waals surface area contributed by atoms with E-state index in [-0.39, 0.29) is 60.3 Å². The van der Waals surface area contributed by atoms with E-state index in [0.29, 0.717) is 57.1 Å². The normalized spacial score (nSPS) is 12.4. The van der Waals surface area contributed by atoms with Gasteiger partial charge in [0.15, 0.2) is 0 Å². The van der Waals surface area contributed by atoms with E-state index in [0.717, 1.165) is 24.3 Å². The Labute approximate surface area is 466 Å². The van der Waals surface area contributed by atoms with Crippen molar-refractivity contribution < 1.29 is 76.0 Å². The smallest absolute Gasteiger partial charge is 0.323 e. The number of benzene rings is 6. The zero-order valence-corrected chi connectivity index (χ0v) is 46.3. The summed E-state index contributed by atoms with van der Waals surface area (Å²) in [7, 11) is -18.6. The molecule has 82 heavy (non-hydrogen) atoms. The Morgan fingerprint density at radius 1 is 0.451 bits per heavy atom. The minimum absolute atomic E-state index is 0.00137. The largest absolute Gasteiger partial charge is 0.491 e. The fourth-order valence-electron chi connectivity index (χ4n) is 7.00. The van der Waals surface area contributed by atoms with Crippen molar-refractivity contribution in [3.8, 4) is 11.5 Å². The molecule has 6 aromatic rings. The summed E-state index contributed by atoms with van der Waals surface area (Å²) in [5, 5.41) is 61.0. The highest BCUT2D eigenvalue weighted by atomic mass is 32.2. The molecule has 0 saturated carbocycles. The van der Waals surface area contributed by atoms with Gasteiger partial charge in [0, 0.05) is 47.8 Å². The molecule has 35 heteroatoms. The number of nitrogens with zero attached hydrogens (tertiary/aromatic N) is 10. The lowest BCUT2D eigenvalue weighted by Gasteiger charge is -2.12. The third-order valence-electron chi connectivity index (χ3n) is 11.0. The molecular weight excluding hydrogens is 1160 g/mol. The van der Waals surface area contributed by atoms with E-state index >= 15 is 0 Å². The number of urea groups is 1. The van der Waals surface area contributed by atoms with Crippen LogP contribution in [0.4, 0.5) is 73.0 Å². The van der Waals surface area contributed by atoms with E-state index in [1.807, 2.05) is 0 Å². The summed E-state index contributed by atoms with van der Waals surface area (Å²) in [5.41, 5.74) is 1.49. The number of amides is 2.